The molecular formula is C13H16BrN3O2. The molecule has 0 aliphatic rings. The fourth-order valence-corrected chi connectivity index (χ4v) is 2.02. The van der Waals surface area contributed by atoms with Gasteiger partial charge in [-0.2, -0.15) is 4.98 Å². The van der Waals surface area contributed by atoms with E-state index in [4.69, 9.17) is 15.0 Å². The molecule has 6 heteroatoms. The number of halogens is 1. The maximum absolute atomic E-state index is 5.93. The Hall–Kier alpha value is -1.40. The van der Waals surface area contributed by atoms with Gasteiger partial charge < -0.3 is 15.0 Å². The van der Waals surface area contributed by atoms with E-state index in [1.165, 1.54) is 0 Å². The molecule has 2 aromatic rings. The van der Waals surface area contributed by atoms with Crippen molar-refractivity contribution in [2.24, 2.45) is 5.73 Å². The van der Waals surface area contributed by atoms with E-state index in [0.29, 0.717) is 11.7 Å². The smallest absolute Gasteiger partial charge is 0.226 e. The highest BCUT2D eigenvalue weighted by Crippen LogP contribution is 2.27. The standard InChI is InChI=1S/C13H16BrN3O2/c1-3-13-16-12(17-19-13)7-18-11-5-4-9(14)6-10(11)8(2)15/h4-6,8H,3,7,15H2,1-2H3. The average Bonchev–Trinajstić information content (AvgIpc) is 2.85. The van der Waals surface area contributed by atoms with Gasteiger partial charge in [-0.1, -0.05) is 28.0 Å². The fraction of sp³-hybridized carbons (Fsp3) is 0.385. The molecule has 0 saturated heterocycles. The molecule has 102 valence electrons. The number of benzene rings is 1. The predicted octanol–water partition coefficient (Wildman–Crippen LogP) is 2.99. The van der Waals surface area contributed by atoms with E-state index in [-0.39, 0.29) is 12.6 Å². The van der Waals surface area contributed by atoms with Crippen molar-refractivity contribution in [3.63, 3.8) is 0 Å². The third-order valence-electron chi connectivity index (χ3n) is 2.63. The van der Waals surface area contributed by atoms with Crippen LogP contribution in [0.4, 0.5) is 0 Å². The zero-order chi connectivity index (χ0) is 13.8. The molecule has 0 bridgehead atoms. The van der Waals surface area contributed by atoms with Gasteiger partial charge in [-0.15, -0.1) is 0 Å². The lowest BCUT2D eigenvalue weighted by atomic mass is 10.1. The summed E-state index contributed by atoms with van der Waals surface area (Å²) in [5.74, 6) is 1.89. The largest absolute Gasteiger partial charge is 0.485 e. The second-order valence-corrected chi connectivity index (χ2v) is 5.13. The van der Waals surface area contributed by atoms with Crippen LogP contribution in [-0.4, -0.2) is 10.1 Å². The molecule has 2 rings (SSSR count). The number of rotatable bonds is 5. The van der Waals surface area contributed by atoms with Gasteiger partial charge in [-0.05, 0) is 25.1 Å². The van der Waals surface area contributed by atoms with Gasteiger partial charge in [0, 0.05) is 22.5 Å². The van der Waals surface area contributed by atoms with Crippen molar-refractivity contribution in [2.45, 2.75) is 32.9 Å². The lowest BCUT2D eigenvalue weighted by Crippen LogP contribution is -2.08. The summed E-state index contributed by atoms with van der Waals surface area (Å²) in [5, 5.41) is 3.84. The summed E-state index contributed by atoms with van der Waals surface area (Å²) in [6.45, 7) is 4.14. The Labute approximate surface area is 120 Å². The molecule has 1 unspecified atom stereocenters. The average molecular weight is 326 g/mol. The molecule has 0 aliphatic carbocycles. The van der Waals surface area contributed by atoms with Gasteiger partial charge in [0.15, 0.2) is 6.61 Å². The maximum atomic E-state index is 5.93. The fourth-order valence-electron chi connectivity index (χ4n) is 1.64. The number of ether oxygens (including phenoxy) is 1. The molecule has 0 amide bonds. The third kappa shape index (κ3) is 3.54. The van der Waals surface area contributed by atoms with Crippen LogP contribution >= 0.6 is 15.9 Å². The molecule has 5 nitrogen and oxygen atoms in total. The summed E-state index contributed by atoms with van der Waals surface area (Å²) in [5.41, 5.74) is 6.87. The van der Waals surface area contributed by atoms with Crippen LogP contribution in [0.5, 0.6) is 5.75 Å². The van der Waals surface area contributed by atoms with Crippen LogP contribution < -0.4 is 10.5 Å². The number of aromatic nitrogens is 2. The highest BCUT2D eigenvalue weighted by Gasteiger charge is 2.11. The molecule has 0 spiro atoms. The minimum atomic E-state index is -0.107. The SMILES string of the molecule is CCc1nc(COc2ccc(Br)cc2C(C)N)no1. The zero-order valence-corrected chi connectivity index (χ0v) is 12.5. The molecule has 1 aromatic carbocycles. The molecular weight excluding hydrogens is 310 g/mol. The Morgan fingerprint density at radius 3 is 2.89 bits per heavy atom. The number of hydrogen-bond acceptors (Lipinski definition) is 5. The number of aryl methyl sites for hydroxylation is 1. The first-order chi connectivity index (χ1) is 9.10. The lowest BCUT2D eigenvalue weighted by Gasteiger charge is -2.13. The van der Waals surface area contributed by atoms with Crippen LogP contribution in [0, 0.1) is 0 Å². The molecule has 0 fully saturated rings. The van der Waals surface area contributed by atoms with Crippen molar-refractivity contribution in [2.75, 3.05) is 0 Å². The van der Waals surface area contributed by atoms with Crippen molar-refractivity contribution in [1.29, 1.82) is 0 Å². The van der Waals surface area contributed by atoms with Gasteiger partial charge in [-0.3, -0.25) is 0 Å². The van der Waals surface area contributed by atoms with Crippen LogP contribution in [0.25, 0.3) is 0 Å². The highest BCUT2D eigenvalue weighted by molar-refractivity contribution is 9.10. The van der Waals surface area contributed by atoms with E-state index in [9.17, 15) is 0 Å². The van der Waals surface area contributed by atoms with E-state index in [2.05, 4.69) is 26.1 Å². The minimum Gasteiger partial charge on any atom is -0.485 e. The van der Waals surface area contributed by atoms with Crippen LogP contribution in [0.1, 0.15) is 37.2 Å². The Balaban J connectivity index is 2.10. The molecule has 1 atom stereocenters. The van der Waals surface area contributed by atoms with Crippen molar-refractivity contribution in [3.05, 3.63) is 40.0 Å². The summed E-state index contributed by atoms with van der Waals surface area (Å²) >= 11 is 3.42. The van der Waals surface area contributed by atoms with E-state index in [1.54, 1.807) is 0 Å². The van der Waals surface area contributed by atoms with Gasteiger partial charge in [0.25, 0.3) is 0 Å². The van der Waals surface area contributed by atoms with Crippen molar-refractivity contribution in [3.8, 4) is 5.75 Å². The van der Waals surface area contributed by atoms with Gasteiger partial charge >= 0.3 is 0 Å². The minimum absolute atomic E-state index is 0.107. The summed E-state index contributed by atoms with van der Waals surface area (Å²) in [6.07, 6.45) is 0.719. The van der Waals surface area contributed by atoms with Crippen LogP contribution in [0.2, 0.25) is 0 Å². The predicted molar refractivity (Wildman–Crippen MR) is 74.8 cm³/mol. The van der Waals surface area contributed by atoms with Crippen molar-refractivity contribution >= 4 is 15.9 Å². The van der Waals surface area contributed by atoms with Gasteiger partial charge in [-0.25, -0.2) is 0 Å². The molecule has 0 saturated carbocycles. The third-order valence-corrected chi connectivity index (χ3v) is 3.13. The molecule has 1 heterocycles. The number of nitrogens with zero attached hydrogens (tertiary/aromatic N) is 2. The van der Waals surface area contributed by atoms with Crippen molar-refractivity contribution < 1.29 is 9.26 Å². The van der Waals surface area contributed by atoms with Gasteiger partial charge in [0.1, 0.15) is 5.75 Å². The molecule has 2 N–H and O–H groups in total. The van der Waals surface area contributed by atoms with E-state index < -0.39 is 0 Å². The monoisotopic (exact) mass is 325 g/mol. The second kappa shape index (κ2) is 6.16. The first kappa shape index (κ1) is 14.0. The summed E-state index contributed by atoms with van der Waals surface area (Å²) in [6, 6.07) is 5.63. The Morgan fingerprint density at radius 1 is 1.47 bits per heavy atom. The first-order valence-electron chi connectivity index (χ1n) is 6.09. The summed E-state index contributed by atoms with van der Waals surface area (Å²) in [4.78, 5) is 4.19. The number of nitrogens with two attached hydrogens (primary N) is 1. The highest BCUT2D eigenvalue weighted by atomic mass is 79.9. The Morgan fingerprint density at radius 2 is 2.26 bits per heavy atom. The van der Waals surface area contributed by atoms with Crippen molar-refractivity contribution in [1.82, 2.24) is 10.1 Å². The Kier molecular flexibility index (Phi) is 4.55. The quantitative estimate of drug-likeness (QED) is 0.914. The lowest BCUT2D eigenvalue weighted by molar-refractivity contribution is 0.281. The Bertz CT molecular complexity index is 555. The van der Waals surface area contributed by atoms with Crippen LogP contribution in [-0.2, 0) is 13.0 Å². The van der Waals surface area contributed by atoms with Gasteiger partial charge in [0.05, 0.1) is 0 Å². The zero-order valence-electron chi connectivity index (χ0n) is 10.9. The van der Waals surface area contributed by atoms with Crippen LogP contribution in [0.15, 0.2) is 27.2 Å². The molecule has 1 aromatic heterocycles. The summed E-state index contributed by atoms with van der Waals surface area (Å²) < 4.78 is 11.7. The van der Waals surface area contributed by atoms with E-state index >= 15 is 0 Å². The second-order valence-electron chi connectivity index (χ2n) is 4.22. The van der Waals surface area contributed by atoms with Gasteiger partial charge in [0.2, 0.25) is 11.7 Å². The molecule has 0 radical (unpaired) electrons. The van der Waals surface area contributed by atoms with Crippen LogP contribution in [0.3, 0.4) is 0 Å². The number of hydrogen-bond donors (Lipinski definition) is 1. The molecule has 19 heavy (non-hydrogen) atoms. The normalized spacial score (nSPS) is 12.4. The van der Waals surface area contributed by atoms with E-state index in [1.807, 2.05) is 32.0 Å². The first-order valence-corrected chi connectivity index (χ1v) is 6.88. The maximum Gasteiger partial charge on any atom is 0.226 e. The van der Waals surface area contributed by atoms with E-state index in [0.717, 1.165) is 22.2 Å². The summed E-state index contributed by atoms with van der Waals surface area (Å²) in [7, 11) is 0. The topological polar surface area (TPSA) is 74.2 Å². The molecule has 0 aliphatic heterocycles.